The highest BCUT2D eigenvalue weighted by Gasteiger charge is 2.35. The molecule has 4 heteroatoms. The van der Waals surface area contributed by atoms with Crippen LogP contribution < -0.4 is 5.73 Å². The maximum atomic E-state index is 12.9. The predicted octanol–water partition coefficient (Wildman–Crippen LogP) is 2.30. The van der Waals surface area contributed by atoms with Crippen molar-refractivity contribution in [1.29, 1.82) is 0 Å². The highest BCUT2D eigenvalue weighted by atomic mass is 19.1. The number of halogens is 1. The molecule has 1 aromatic carbocycles. The van der Waals surface area contributed by atoms with Crippen LogP contribution in [0.5, 0.6) is 0 Å². The maximum Gasteiger partial charge on any atom is 0.240 e. The van der Waals surface area contributed by atoms with Crippen LogP contribution in [-0.4, -0.2) is 22.9 Å². The minimum atomic E-state index is -0.457. The summed E-state index contributed by atoms with van der Waals surface area (Å²) < 4.78 is 12.9. The molecule has 0 unspecified atom stereocenters. The molecule has 1 aliphatic carbocycles. The Kier molecular flexibility index (Phi) is 4.20. The molecule has 19 heavy (non-hydrogen) atoms. The van der Waals surface area contributed by atoms with Gasteiger partial charge in [0.15, 0.2) is 0 Å². The van der Waals surface area contributed by atoms with Crippen molar-refractivity contribution in [3.63, 3.8) is 0 Å². The molecule has 0 radical (unpaired) electrons. The molecule has 0 aliphatic heterocycles. The van der Waals surface area contributed by atoms with Crippen LogP contribution in [0.2, 0.25) is 0 Å². The van der Waals surface area contributed by atoms with Crippen molar-refractivity contribution in [1.82, 2.24) is 4.90 Å². The Balaban J connectivity index is 2.08. The van der Waals surface area contributed by atoms with E-state index in [0.29, 0.717) is 12.6 Å². The number of carbonyl (C=O) groups excluding carboxylic acids is 1. The quantitative estimate of drug-likeness (QED) is 0.887. The van der Waals surface area contributed by atoms with Gasteiger partial charge in [-0.15, -0.1) is 0 Å². The van der Waals surface area contributed by atoms with E-state index in [2.05, 4.69) is 0 Å². The lowest BCUT2D eigenvalue weighted by atomic mass is 10.0. The third kappa shape index (κ3) is 3.53. The summed E-state index contributed by atoms with van der Waals surface area (Å²) in [6.07, 6.45) is 2.08. The normalized spacial score (nSPS) is 16.5. The van der Waals surface area contributed by atoms with Crippen LogP contribution in [0.25, 0.3) is 0 Å². The van der Waals surface area contributed by atoms with Gasteiger partial charge in [0.05, 0.1) is 6.04 Å². The number of nitrogens with zero attached hydrogens (tertiary/aromatic N) is 1. The molecule has 2 rings (SSSR count). The van der Waals surface area contributed by atoms with E-state index in [1.807, 2.05) is 18.7 Å². The van der Waals surface area contributed by atoms with Crippen molar-refractivity contribution in [3.05, 3.63) is 35.6 Å². The number of nitrogens with two attached hydrogens (primary N) is 1. The first-order valence-electron chi connectivity index (χ1n) is 6.79. The summed E-state index contributed by atoms with van der Waals surface area (Å²) in [5, 5.41) is 0. The largest absolute Gasteiger partial charge is 0.334 e. The van der Waals surface area contributed by atoms with Gasteiger partial charge in [-0.1, -0.05) is 26.0 Å². The summed E-state index contributed by atoms with van der Waals surface area (Å²) in [5.41, 5.74) is 6.90. The molecule has 104 valence electrons. The molecule has 0 aromatic heterocycles. The van der Waals surface area contributed by atoms with E-state index in [4.69, 9.17) is 5.73 Å². The molecular formula is C15H21FN2O. The molecule has 0 saturated heterocycles. The summed E-state index contributed by atoms with van der Waals surface area (Å²) in [6, 6.07) is 6.14. The number of benzene rings is 1. The molecule has 2 N–H and O–H groups in total. The van der Waals surface area contributed by atoms with Crippen molar-refractivity contribution in [2.24, 2.45) is 11.7 Å². The molecule has 0 bridgehead atoms. The molecule has 0 heterocycles. The lowest BCUT2D eigenvalue weighted by Crippen LogP contribution is -2.47. The molecule has 1 aliphatic rings. The average molecular weight is 264 g/mol. The molecule has 0 spiro atoms. The van der Waals surface area contributed by atoms with Crippen LogP contribution in [0.1, 0.15) is 32.3 Å². The molecule has 3 nitrogen and oxygen atoms in total. The molecule has 1 atom stereocenters. The summed E-state index contributed by atoms with van der Waals surface area (Å²) in [7, 11) is 0. The Morgan fingerprint density at radius 2 is 1.95 bits per heavy atom. The minimum absolute atomic E-state index is 0.00169. The topological polar surface area (TPSA) is 46.3 Å². The average Bonchev–Trinajstić information content (AvgIpc) is 3.20. The monoisotopic (exact) mass is 264 g/mol. The van der Waals surface area contributed by atoms with Gasteiger partial charge in [-0.25, -0.2) is 4.39 Å². The van der Waals surface area contributed by atoms with Gasteiger partial charge in [-0.05, 0) is 36.5 Å². The molecule has 1 fully saturated rings. The van der Waals surface area contributed by atoms with Gasteiger partial charge < -0.3 is 10.6 Å². The lowest BCUT2D eigenvalue weighted by Gasteiger charge is -2.27. The van der Waals surface area contributed by atoms with Crippen molar-refractivity contribution in [2.45, 2.75) is 45.3 Å². The highest BCUT2D eigenvalue weighted by Crippen LogP contribution is 2.29. The van der Waals surface area contributed by atoms with Crippen molar-refractivity contribution in [3.8, 4) is 0 Å². The number of hydrogen-bond donors (Lipinski definition) is 1. The van der Waals surface area contributed by atoms with Gasteiger partial charge in [-0.2, -0.15) is 0 Å². The summed E-state index contributed by atoms with van der Waals surface area (Å²) in [6.45, 7) is 4.42. The third-order valence-corrected chi connectivity index (χ3v) is 3.54. The predicted molar refractivity (Wildman–Crippen MR) is 72.8 cm³/mol. The Labute approximate surface area is 113 Å². The standard InChI is InChI=1S/C15H21FN2O/c1-10(2)14(17)15(19)18(13-7-8-13)9-11-3-5-12(16)6-4-11/h3-6,10,13-14H,7-9,17H2,1-2H3/t14-/m1/s1. The summed E-state index contributed by atoms with van der Waals surface area (Å²) in [5.74, 6) is -0.129. The zero-order valence-corrected chi connectivity index (χ0v) is 11.5. The fraction of sp³-hybridized carbons (Fsp3) is 0.533. The second kappa shape index (κ2) is 5.70. The van der Waals surface area contributed by atoms with E-state index in [1.54, 1.807) is 12.1 Å². The highest BCUT2D eigenvalue weighted by molar-refractivity contribution is 5.82. The smallest absolute Gasteiger partial charge is 0.240 e. The van der Waals surface area contributed by atoms with Crippen molar-refractivity contribution < 1.29 is 9.18 Å². The fourth-order valence-corrected chi connectivity index (χ4v) is 2.04. The van der Waals surface area contributed by atoms with Crippen LogP contribution >= 0.6 is 0 Å². The van der Waals surface area contributed by atoms with Crippen LogP contribution in [0, 0.1) is 11.7 Å². The van der Waals surface area contributed by atoms with Crippen LogP contribution in [-0.2, 0) is 11.3 Å². The first-order chi connectivity index (χ1) is 8.99. The second-order valence-corrected chi connectivity index (χ2v) is 5.59. The number of rotatable bonds is 5. The summed E-state index contributed by atoms with van der Waals surface area (Å²) >= 11 is 0. The maximum absolute atomic E-state index is 12.9. The van der Waals surface area contributed by atoms with E-state index >= 15 is 0 Å². The first kappa shape index (κ1) is 14.0. The molecule has 1 amide bonds. The molecule has 1 saturated carbocycles. The van der Waals surface area contributed by atoms with Gasteiger partial charge in [0.1, 0.15) is 5.82 Å². The molecular weight excluding hydrogens is 243 g/mol. The minimum Gasteiger partial charge on any atom is -0.334 e. The van der Waals surface area contributed by atoms with Crippen molar-refractivity contribution >= 4 is 5.91 Å². The van der Waals surface area contributed by atoms with Crippen LogP contribution in [0.4, 0.5) is 4.39 Å². The van der Waals surface area contributed by atoms with E-state index in [0.717, 1.165) is 18.4 Å². The Bertz CT molecular complexity index is 440. The molecule has 1 aromatic rings. The van der Waals surface area contributed by atoms with Crippen LogP contribution in [0.15, 0.2) is 24.3 Å². The summed E-state index contributed by atoms with van der Waals surface area (Å²) in [4.78, 5) is 14.2. The second-order valence-electron chi connectivity index (χ2n) is 5.59. The van der Waals surface area contributed by atoms with Crippen LogP contribution in [0.3, 0.4) is 0 Å². The van der Waals surface area contributed by atoms with E-state index < -0.39 is 6.04 Å². The first-order valence-corrected chi connectivity index (χ1v) is 6.79. The number of amides is 1. The number of carbonyl (C=O) groups is 1. The SMILES string of the molecule is CC(C)[C@@H](N)C(=O)N(Cc1ccc(F)cc1)C1CC1. The van der Waals surface area contributed by atoms with Crippen molar-refractivity contribution in [2.75, 3.05) is 0 Å². The lowest BCUT2D eigenvalue weighted by molar-refractivity contribution is -0.134. The van der Waals surface area contributed by atoms with Gasteiger partial charge in [-0.3, -0.25) is 4.79 Å². The fourth-order valence-electron chi connectivity index (χ4n) is 2.04. The van der Waals surface area contributed by atoms with E-state index in [9.17, 15) is 9.18 Å². The van der Waals surface area contributed by atoms with E-state index in [1.165, 1.54) is 12.1 Å². The van der Waals surface area contributed by atoms with Gasteiger partial charge >= 0.3 is 0 Å². The third-order valence-electron chi connectivity index (χ3n) is 3.54. The zero-order chi connectivity index (χ0) is 14.0. The number of hydrogen-bond acceptors (Lipinski definition) is 2. The Morgan fingerprint density at radius 1 is 1.37 bits per heavy atom. The van der Waals surface area contributed by atoms with E-state index in [-0.39, 0.29) is 17.6 Å². The van der Waals surface area contributed by atoms with Gasteiger partial charge in [0.25, 0.3) is 0 Å². The Morgan fingerprint density at radius 3 is 2.42 bits per heavy atom. The van der Waals surface area contributed by atoms with Gasteiger partial charge in [0, 0.05) is 12.6 Å². The van der Waals surface area contributed by atoms with Gasteiger partial charge in [0.2, 0.25) is 5.91 Å². The zero-order valence-electron chi connectivity index (χ0n) is 11.5. The Hall–Kier alpha value is -1.42.